The Labute approximate surface area is 174 Å². The Morgan fingerprint density at radius 2 is 1.81 bits per heavy atom. The fraction of sp³-hybridized carbons (Fsp3) is 0.250. The van der Waals surface area contributed by atoms with Gasteiger partial charge in [0.2, 0.25) is 11.7 Å². The van der Waals surface area contributed by atoms with Crippen LogP contribution in [0, 0.1) is 0 Å². The molecule has 4 rings (SSSR count). The highest BCUT2D eigenvalue weighted by Gasteiger charge is 2.37. The Bertz CT molecular complexity index is 1160. The van der Waals surface area contributed by atoms with Gasteiger partial charge >= 0.3 is 6.18 Å². The summed E-state index contributed by atoms with van der Waals surface area (Å²) in [5.74, 6) is -1.39. The first-order chi connectivity index (χ1) is 14.9. The van der Waals surface area contributed by atoms with Gasteiger partial charge in [0.1, 0.15) is 12.4 Å². The van der Waals surface area contributed by atoms with Crippen LogP contribution in [0.3, 0.4) is 0 Å². The standard InChI is InChI=1S/C20H18F3N7O/c21-20(22,23)19-26-15-8-4-5-9-16(15)29(19)11-10-24-18(31)17(30-13-25-27-28-30)12-14-6-2-1-3-7-14/h1-9,13,17H,10-12H2,(H,24,31)/t17-/m1/s1. The monoisotopic (exact) mass is 429 g/mol. The van der Waals surface area contributed by atoms with Gasteiger partial charge in [-0.1, -0.05) is 42.5 Å². The van der Waals surface area contributed by atoms with E-state index in [1.165, 1.54) is 17.1 Å². The van der Waals surface area contributed by atoms with Crippen LogP contribution in [0.1, 0.15) is 17.4 Å². The Morgan fingerprint density at radius 3 is 2.52 bits per heavy atom. The van der Waals surface area contributed by atoms with Gasteiger partial charge in [-0.3, -0.25) is 4.79 Å². The summed E-state index contributed by atoms with van der Waals surface area (Å²) in [6, 6.07) is 14.9. The van der Waals surface area contributed by atoms with Gasteiger partial charge in [0.25, 0.3) is 0 Å². The summed E-state index contributed by atoms with van der Waals surface area (Å²) >= 11 is 0. The SMILES string of the molecule is O=C(NCCn1c(C(F)(F)F)nc2ccccc21)[C@@H](Cc1ccccc1)n1cnnn1. The van der Waals surface area contributed by atoms with Gasteiger partial charge in [-0.2, -0.15) is 13.2 Å². The van der Waals surface area contributed by atoms with E-state index < -0.39 is 23.9 Å². The van der Waals surface area contributed by atoms with Gasteiger partial charge in [-0.15, -0.1) is 5.10 Å². The first-order valence-corrected chi connectivity index (χ1v) is 9.50. The third-order valence-electron chi connectivity index (χ3n) is 4.80. The number of nitrogens with zero attached hydrogens (tertiary/aromatic N) is 6. The van der Waals surface area contributed by atoms with Crippen LogP contribution in [-0.2, 0) is 23.9 Å². The molecule has 160 valence electrons. The molecule has 0 bridgehead atoms. The molecule has 4 aromatic rings. The number of benzene rings is 2. The van der Waals surface area contributed by atoms with Gasteiger partial charge in [-0.25, -0.2) is 9.67 Å². The third-order valence-corrected chi connectivity index (χ3v) is 4.80. The number of nitrogens with one attached hydrogen (secondary N) is 1. The number of hydrogen-bond acceptors (Lipinski definition) is 5. The zero-order valence-corrected chi connectivity index (χ0v) is 16.2. The topological polar surface area (TPSA) is 90.5 Å². The summed E-state index contributed by atoms with van der Waals surface area (Å²) in [5, 5.41) is 13.7. The molecule has 2 heterocycles. The van der Waals surface area contributed by atoms with Crippen LogP contribution in [0.2, 0.25) is 0 Å². The lowest BCUT2D eigenvalue weighted by Gasteiger charge is -2.17. The average Bonchev–Trinajstić information content (AvgIpc) is 3.41. The lowest BCUT2D eigenvalue weighted by Crippen LogP contribution is -2.36. The molecule has 8 nitrogen and oxygen atoms in total. The van der Waals surface area contributed by atoms with E-state index in [1.807, 2.05) is 30.3 Å². The van der Waals surface area contributed by atoms with Crippen molar-refractivity contribution in [3.63, 3.8) is 0 Å². The normalized spacial score (nSPS) is 12.7. The fourth-order valence-corrected chi connectivity index (χ4v) is 3.38. The molecule has 11 heteroatoms. The number of carbonyl (C=O) groups is 1. The predicted molar refractivity (Wildman–Crippen MR) is 105 cm³/mol. The van der Waals surface area contributed by atoms with Gasteiger partial charge in [0.15, 0.2) is 0 Å². The number of fused-ring (bicyclic) bond motifs is 1. The van der Waals surface area contributed by atoms with Crippen molar-refractivity contribution < 1.29 is 18.0 Å². The number of tetrazole rings is 1. The second kappa shape index (κ2) is 8.54. The lowest BCUT2D eigenvalue weighted by molar-refractivity contribution is -0.146. The summed E-state index contributed by atoms with van der Waals surface area (Å²) in [7, 11) is 0. The first kappa shape index (κ1) is 20.5. The lowest BCUT2D eigenvalue weighted by atomic mass is 10.1. The van der Waals surface area contributed by atoms with E-state index in [-0.39, 0.29) is 18.6 Å². The molecule has 2 aromatic carbocycles. The molecule has 0 unspecified atom stereocenters. The Morgan fingerprint density at radius 1 is 1.06 bits per heavy atom. The Hall–Kier alpha value is -3.76. The maximum atomic E-state index is 13.4. The van der Waals surface area contributed by atoms with Crippen LogP contribution in [0.5, 0.6) is 0 Å². The summed E-state index contributed by atoms with van der Waals surface area (Å²) in [5.41, 5.74) is 1.50. The van der Waals surface area contributed by atoms with E-state index in [4.69, 9.17) is 0 Å². The number of carbonyl (C=O) groups excluding carboxylic acids is 1. The molecule has 0 spiro atoms. The second-order valence-corrected chi connectivity index (χ2v) is 6.86. The van der Waals surface area contributed by atoms with Gasteiger partial charge in [0.05, 0.1) is 11.0 Å². The van der Waals surface area contributed by atoms with Crippen LogP contribution < -0.4 is 5.32 Å². The molecule has 0 aliphatic carbocycles. The Balaban J connectivity index is 1.50. The van der Waals surface area contributed by atoms with E-state index in [0.717, 1.165) is 10.1 Å². The molecule has 0 saturated carbocycles. The fourth-order valence-electron chi connectivity index (χ4n) is 3.38. The largest absolute Gasteiger partial charge is 0.449 e. The highest BCUT2D eigenvalue weighted by molar-refractivity contribution is 5.80. The molecular formula is C20H18F3N7O. The molecule has 0 saturated heterocycles. The van der Waals surface area contributed by atoms with Crippen LogP contribution in [0.25, 0.3) is 11.0 Å². The van der Waals surface area contributed by atoms with Crippen LogP contribution in [-0.4, -0.2) is 42.2 Å². The van der Waals surface area contributed by atoms with E-state index in [2.05, 4.69) is 25.8 Å². The molecular weight excluding hydrogens is 411 g/mol. The Kier molecular flexibility index (Phi) is 5.65. The molecule has 2 aromatic heterocycles. The maximum absolute atomic E-state index is 13.4. The molecule has 0 aliphatic heterocycles. The number of rotatable bonds is 7. The number of halogens is 3. The quantitative estimate of drug-likeness (QED) is 0.488. The number of alkyl halides is 3. The van der Waals surface area contributed by atoms with E-state index in [1.54, 1.807) is 18.2 Å². The molecule has 1 atom stereocenters. The minimum absolute atomic E-state index is 0.0182. The van der Waals surface area contributed by atoms with Crippen molar-refractivity contribution in [1.29, 1.82) is 0 Å². The first-order valence-electron chi connectivity index (χ1n) is 9.50. The van der Waals surface area contributed by atoms with E-state index in [0.29, 0.717) is 11.9 Å². The van der Waals surface area contributed by atoms with Crippen LogP contribution >= 0.6 is 0 Å². The zero-order chi connectivity index (χ0) is 21.8. The highest BCUT2D eigenvalue weighted by Crippen LogP contribution is 2.31. The number of hydrogen-bond donors (Lipinski definition) is 1. The summed E-state index contributed by atoms with van der Waals surface area (Å²) in [4.78, 5) is 16.6. The number of aromatic nitrogens is 6. The average molecular weight is 429 g/mol. The van der Waals surface area contributed by atoms with Gasteiger partial charge in [-0.05, 0) is 28.1 Å². The maximum Gasteiger partial charge on any atom is 0.449 e. The van der Waals surface area contributed by atoms with E-state index in [9.17, 15) is 18.0 Å². The van der Waals surface area contributed by atoms with Crippen molar-refractivity contribution in [3.8, 4) is 0 Å². The summed E-state index contributed by atoms with van der Waals surface area (Å²) < 4.78 is 42.7. The van der Waals surface area contributed by atoms with Crippen LogP contribution in [0.15, 0.2) is 60.9 Å². The molecule has 0 radical (unpaired) electrons. The second-order valence-electron chi connectivity index (χ2n) is 6.86. The smallest absolute Gasteiger partial charge is 0.352 e. The van der Waals surface area contributed by atoms with Crippen molar-refractivity contribution in [2.24, 2.45) is 0 Å². The molecule has 1 N–H and O–H groups in total. The zero-order valence-electron chi connectivity index (χ0n) is 16.2. The van der Waals surface area contributed by atoms with Crippen molar-refractivity contribution in [2.75, 3.05) is 6.54 Å². The molecule has 1 amide bonds. The summed E-state index contributed by atoms with van der Waals surface area (Å²) in [6.45, 7) is -0.107. The molecule has 0 fully saturated rings. The number of amides is 1. The number of imidazole rings is 1. The van der Waals surface area contributed by atoms with Gasteiger partial charge in [0, 0.05) is 19.5 Å². The highest BCUT2D eigenvalue weighted by atomic mass is 19.4. The van der Waals surface area contributed by atoms with Crippen molar-refractivity contribution in [2.45, 2.75) is 25.2 Å². The van der Waals surface area contributed by atoms with E-state index >= 15 is 0 Å². The molecule has 31 heavy (non-hydrogen) atoms. The number of para-hydroxylation sites is 2. The molecule has 0 aliphatic rings. The van der Waals surface area contributed by atoms with Crippen LogP contribution in [0.4, 0.5) is 13.2 Å². The van der Waals surface area contributed by atoms with Crippen molar-refractivity contribution in [3.05, 3.63) is 72.3 Å². The predicted octanol–water partition coefficient (Wildman–Crippen LogP) is 2.64. The third kappa shape index (κ3) is 4.55. The minimum Gasteiger partial charge on any atom is -0.352 e. The van der Waals surface area contributed by atoms with Gasteiger partial charge < -0.3 is 9.88 Å². The minimum atomic E-state index is -4.61. The van der Waals surface area contributed by atoms with Crippen molar-refractivity contribution >= 4 is 16.9 Å². The van der Waals surface area contributed by atoms with Crippen molar-refractivity contribution in [1.82, 2.24) is 35.1 Å². The summed E-state index contributed by atoms with van der Waals surface area (Å²) in [6.07, 6.45) is -2.94.